The van der Waals surface area contributed by atoms with E-state index in [9.17, 15) is 48.6 Å². The highest BCUT2D eigenvalue weighted by atomic mass is 16.4. The first kappa shape index (κ1) is 48.4. The molecule has 7 amide bonds. The molecule has 19 nitrogen and oxygen atoms in total. The Morgan fingerprint density at radius 1 is 0.635 bits per heavy atom. The normalized spacial score (nSPS) is 13.4. The summed E-state index contributed by atoms with van der Waals surface area (Å²) in [6.07, 6.45) is 1.32. The van der Waals surface area contributed by atoms with Crippen LogP contribution >= 0.6 is 0 Å². The van der Waals surface area contributed by atoms with E-state index >= 15 is 0 Å². The van der Waals surface area contributed by atoms with Crippen LogP contribution in [-0.4, -0.2) is 106 Å². The molecular formula is C44H55N9O10. The lowest BCUT2D eigenvalue weighted by atomic mass is 9.99. The Morgan fingerprint density at radius 3 is 1.83 bits per heavy atom. The number of nitrogens with one attached hydrogen (secondary N) is 7. The molecule has 0 radical (unpaired) electrons. The molecule has 0 aliphatic heterocycles. The number of carboxylic acid groups (broad SMARTS) is 1. The predicted molar refractivity (Wildman–Crippen MR) is 231 cm³/mol. The van der Waals surface area contributed by atoms with E-state index in [1.54, 1.807) is 54.7 Å². The van der Waals surface area contributed by atoms with Gasteiger partial charge in [0.15, 0.2) is 0 Å². The molecule has 336 valence electrons. The lowest BCUT2D eigenvalue weighted by molar-refractivity contribution is -0.142. The van der Waals surface area contributed by atoms with Crippen LogP contribution in [-0.2, 0) is 57.6 Å². The summed E-state index contributed by atoms with van der Waals surface area (Å²) in [4.78, 5) is 107. The molecule has 13 N–H and O–H groups in total. The fourth-order valence-corrected chi connectivity index (χ4v) is 6.64. The van der Waals surface area contributed by atoms with Crippen LogP contribution in [0.25, 0.3) is 10.9 Å². The molecule has 19 heteroatoms. The predicted octanol–water partition coefficient (Wildman–Crippen LogP) is -0.203. The van der Waals surface area contributed by atoms with Gasteiger partial charge in [-0.05, 0) is 60.1 Å². The first-order valence-corrected chi connectivity index (χ1v) is 20.4. The zero-order valence-electron chi connectivity index (χ0n) is 35.0. The SMILES string of the molecule is CC(C)C[C@H](NC(=O)[C@H](Cc1ccccc1)NC(=O)CNC(=O)[C@@H](N)Cc1ccc(O)cc1)C(=O)N[C@@H](Cc1c[nH]c2ccccc12)C(=O)NCC(=O)N[C@@H](CCC(N)=O)C(=O)O. The third-order valence-corrected chi connectivity index (χ3v) is 9.89. The summed E-state index contributed by atoms with van der Waals surface area (Å²) in [6, 6.07) is 16.1. The number of aromatic amines is 1. The fraction of sp³-hybridized carbons (Fsp3) is 0.364. The number of benzene rings is 3. The maximum atomic E-state index is 14.1. The van der Waals surface area contributed by atoms with Gasteiger partial charge in [-0.1, -0.05) is 74.5 Å². The first-order valence-electron chi connectivity index (χ1n) is 20.4. The number of nitrogens with two attached hydrogens (primary N) is 2. The van der Waals surface area contributed by atoms with Crippen molar-refractivity contribution < 1.29 is 48.6 Å². The molecule has 0 saturated carbocycles. The molecule has 0 saturated heterocycles. The van der Waals surface area contributed by atoms with Crippen molar-refractivity contribution >= 4 is 58.2 Å². The van der Waals surface area contributed by atoms with E-state index in [-0.39, 0.29) is 50.2 Å². The summed E-state index contributed by atoms with van der Waals surface area (Å²) < 4.78 is 0. The smallest absolute Gasteiger partial charge is 0.326 e. The van der Waals surface area contributed by atoms with E-state index in [1.807, 2.05) is 32.0 Å². The molecule has 3 aromatic carbocycles. The second kappa shape index (κ2) is 23.6. The minimum atomic E-state index is -1.45. The molecule has 0 bridgehead atoms. The highest BCUT2D eigenvalue weighted by Crippen LogP contribution is 2.20. The standard InChI is InChI=1S/C44H55N9O10/c1-25(2)18-34(52-43(61)35(20-26-8-4-3-5-9-26)51-39(57)23-48-40(58)31(45)19-27-12-14-29(54)15-13-27)42(60)53-36(21-28-22-47-32-11-7-6-10-30(28)32)41(59)49-24-38(56)50-33(44(62)63)16-17-37(46)55/h3-15,22,25,31,33-36,47,54H,16-21,23-24,45H2,1-2H3,(H2,46,55)(H,48,58)(H,49,59)(H,50,56)(H,51,57)(H,52,61)(H,53,60)(H,62,63)/t31-,33-,34-,35-,36-/m0/s1. The van der Waals surface area contributed by atoms with Crippen molar-refractivity contribution in [3.8, 4) is 5.75 Å². The van der Waals surface area contributed by atoms with Gasteiger partial charge in [-0.15, -0.1) is 0 Å². The van der Waals surface area contributed by atoms with Gasteiger partial charge in [-0.25, -0.2) is 4.79 Å². The molecule has 0 aliphatic carbocycles. The van der Waals surface area contributed by atoms with Crippen LogP contribution in [0.1, 0.15) is 49.8 Å². The number of H-pyrrole nitrogens is 1. The number of aliphatic carboxylic acids is 1. The van der Waals surface area contributed by atoms with Crippen LogP contribution in [0.3, 0.4) is 0 Å². The molecular weight excluding hydrogens is 815 g/mol. The topological polar surface area (TPSA) is 317 Å². The number of primary amides is 1. The number of aromatic nitrogens is 1. The number of hydrogen-bond acceptors (Lipinski definition) is 10. The van der Waals surface area contributed by atoms with Gasteiger partial charge in [0.25, 0.3) is 0 Å². The second-order valence-corrected chi connectivity index (χ2v) is 15.5. The third-order valence-electron chi connectivity index (χ3n) is 9.89. The average molecular weight is 870 g/mol. The molecule has 4 aromatic rings. The second-order valence-electron chi connectivity index (χ2n) is 15.5. The molecule has 5 atom stereocenters. The van der Waals surface area contributed by atoms with Gasteiger partial charge in [-0.2, -0.15) is 0 Å². The molecule has 0 unspecified atom stereocenters. The quantitative estimate of drug-likeness (QED) is 0.0438. The van der Waals surface area contributed by atoms with Crippen molar-refractivity contribution in [3.63, 3.8) is 0 Å². The number of phenolic OH excluding ortho intramolecular Hbond substituents is 1. The third kappa shape index (κ3) is 15.9. The summed E-state index contributed by atoms with van der Waals surface area (Å²) in [5.74, 6) is -6.69. The summed E-state index contributed by atoms with van der Waals surface area (Å²) >= 11 is 0. The van der Waals surface area contributed by atoms with Crippen molar-refractivity contribution in [2.45, 2.75) is 82.6 Å². The van der Waals surface area contributed by atoms with Crippen molar-refractivity contribution in [3.05, 3.63) is 102 Å². The van der Waals surface area contributed by atoms with Crippen molar-refractivity contribution in [2.75, 3.05) is 13.1 Å². The Morgan fingerprint density at radius 2 is 1.19 bits per heavy atom. The Hall–Kier alpha value is -7.28. The van der Waals surface area contributed by atoms with E-state index in [0.29, 0.717) is 16.7 Å². The van der Waals surface area contributed by atoms with Crippen molar-refractivity contribution in [1.82, 2.24) is 36.9 Å². The number of phenols is 1. The van der Waals surface area contributed by atoms with Gasteiger partial charge in [0, 0.05) is 36.4 Å². The highest BCUT2D eigenvalue weighted by Gasteiger charge is 2.32. The Labute approximate surface area is 363 Å². The van der Waals surface area contributed by atoms with E-state index in [2.05, 4.69) is 36.9 Å². The molecule has 0 fully saturated rings. The first-order chi connectivity index (χ1) is 30.0. The molecule has 63 heavy (non-hydrogen) atoms. The van der Waals surface area contributed by atoms with Gasteiger partial charge in [-0.3, -0.25) is 33.6 Å². The largest absolute Gasteiger partial charge is 0.508 e. The number of amides is 7. The maximum absolute atomic E-state index is 14.1. The summed E-state index contributed by atoms with van der Waals surface area (Å²) in [5.41, 5.74) is 14.0. The maximum Gasteiger partial charge on any atom is 0.326 e. The number of aromatic hydroxyl groups is 1. The summed E-state index contributed by atoms with van der Waals surface area (Å²) in [5, 5.41) is 35.1. The number of hydrogen-bond donors (Lipinski definition) is 11. The van der Waals surface area contributed by atoms with E-state index < -0.39 is 90.6 Å². The van der Waals surface area contributed by atoms with Gasteiger partial charge >= 0.3 is 5.97 Å². The van der Waals surface area contributed by atoms with Crippen LogP contribution < -0.4 is 43.4 Å². The summed E-state index contributed by atoms with van der Waals surface area (Å²) in [7, 11) is 0. The van der Waals surface area contributed by atoms with Gasteiger partial charge in [0.1, 0.15) is 29.9 Å². The number of carboxylic acids is 1. The van der Waals surface area contributed by atoms with Gasteiger partial charge < -0.3 is 58.6 Å². The molecule has 1 heterocycles. The number of carbonyl (C=O) groups is 8. The van der Waals surface area contributed by atoms with Crippen molar-refractivity contribution in [2.24, 2.45) is 17.4 Å². The highest BCUT2D eigenvalue weighted by molar-refractivity contribution is 5.96. The minimum absolute atomic E-state index is 0.0155. The Balaban J connectivity index is 1.49. The zero-order chi connectivity index (χ0) is 46.1. The van der Waals surface area contributed by atoms with Crippen molar-refractivity contribution in [1.29, 1.82) is 0 Å². The number of rotatable bonds is 24. The number of fused-ring (bicyclic) bond motifs is 1. The monoisotopic (exact) mass is 869 g/mol. The zero-order valence-corrected chi connectivity index (χ0v) is 35.0. The molecule has 1 aromatic heterocycles. The van der Waals surface area contributed by atoms with Crippen LogP contribution in [0.4, 0.5) is 0 Å². The van der Waals surface area contributed by atoms with Crippen LogP contribution in [0.2, 0.25) is 0 Å². The number of para-hydroxylation sites is 1. The Kier molecular flexibility index (Phi) is 18.2. The molecule has 0 spiro atoms. The lowest BCUT2D eigenvalue weighted by Gasteiger charge is -2.26. The van der Waals surface area contributed by atoms with Gasteiger partial charge in [0.2, 0.25) is 41.4 Å². The minimum Gasteiger partial charge on any atom is -0.508 e. The number of carbonyl (C=O) groups excluding carboxylic acids is 7. The Bertz CT molecular complexity index is 2230. The molecule has 4 rings (SSSR count). The van der Waals surface area contributed by atoms with Crippen LogP contribution in [0.5, 0.6) is 5.75 Å². The lowest BCUT2D eigenvalue weighted by Crippen LogP contribution is -2.58. The average Bonchev–Trinajstić information content (AvgIpc) is 3.65. The van der Waals surface area contributed by atoms with Crippen LogP contribution in [0.15, 0.2) is 85.1 Å². The van der Waals surface area contributed by atoms with Gasteiger partial charge in [0.05, 0.1) is 19.1 Å². The molecule has 0 aliphatic rings. The summed E-state index contributed by atoms with van der Waals surface area (Å²) in [6.45, 7) is 2.47. The van der Waals surface area contributed by atoms with Crippen LogP contribution in [0, 0.1) is 5.92 Å². The van der Waals surface area contributed by atoms with E-state index in [1.165, 1.54) is 12.1 Å². The van der Waals surface area contributed by atoms with E-state index in [0.717, 1.165) is 10.9 Å². The fourth-order valence-electron chi connectivity index (χ4n) is 6.64. The van der Waals surface area contributed by atoms with E-state index in [4.69, 9.17) is 11.5 Å².